The summed E-state index contributed by atoms with van der Waals surface area (Å²) in [7, 11) is 0. The van der Waals surface area contributed by atoms with Gasteiger partial charge in [-0.2, -0.15) is 5.26 Å². The van der Waals surface area contributed by atoms with E-state index in [0.717, 1.165) is 16.8 Å². The number of anilines is 1. The van der Waals surface area contributed by atoms with Gasteiger partial charge in [0.25, 0.3) is 0 Å². The molecule has 0 aromatic heterocycles. The van der Waals surface area contributed by atoms with Crippen molar-refractivity contribution in [1.82, 2.24) is 0 Å². The molecule has 1 rings (SSSR count). The number of nitriles is 1. The van der Waals surface area contributed by atoms with Gasteiger partial charge < -0.3 is 10.1 Å². The summed E-state index contributed by atoms with van der Waals surface area (Å²) in [5.74, 6) is -0.672. The van der Waals surface area contributed by atoms with Crippen LogP contribution < -0.4 is 5.32 Å². The third kappa shape index (κ3) is 3.76. The van der Waals surface area contributed by atoms with Crippen molar-refractivity contribution < 1.29 is 9.53 Å². The van der Waals surface area contributed by atoms with E-state index in [1.54, 1.807) is 6.92 Å². The van der Waals surface area contributed by atoms with Crippen molar-refractivity contribution in [3.63, 3.8) is 0 Å². The third-order valence-electron chi connectivity index (χ3n) is 2.55. The first-order valence-corrected chi connectivity index (χ1v) is 6.29. The molecule has 0 saturated heterocycles. The maximum atomic E-state index is 11.6. The molecule has 0 amide bonds. The number of esters is 1. The van der Waals surface area contributed by atoms with Crippen molar-refractivity contribution >= 4 is 24.3 Å². The van der Waals surface area contributed by atoms with Crippen LogP contribution in [0.1, 0.15) is 18.1 Å². The summed E-state index contributed by atoms with van der Waals surface area (Å²) in [5, 5.41) is 12.2. The fourth-order valence-corrected chi connectivity index (χ4v) is 1.84. The first-order chi connectivity index (χ1) is 9.01. The van der Waals surface area contributed by atoms with Crippen LogP contribution in [-0.2, 0) is 9.53 Å². The van der Waals surface area contributed by atoms with E-state index in [9.17, 15) is 4.79 Å². The molecule has 0 spiro atoms. The summed E-state index contributed by atoms with van der Waals surface area (Å²) in [6.45, 7) is 5.78. The molecule has 1 N–H and O–H groups in total. The number of hydrogen-bond donors (Lipinski definition) is 2. The molecule has 0 aliphatic rings. The van der Waals surface area contributed by atoms with Gasteiger partial charge in [0.15, 0.2) is 5.57 Å². The smallest absolute Gasteiger partial charge is 0.351 e. The van der Waals surface area contributed by atoms with Gasteiger partial charge in [-0.1, -0.05) is 18.2 Å². The molecule has 0 atom stereocenters. The van der Waals surface area contributed by atoms with E-state index in [4.69, 9.17) is 10.00 Å². The average molecular weight is 276 g/mol. The minimum absolute atomic E-state index is 0.132. The molecule has 0 saturated carbocycles. The molecule has 0 aliphatic carbocycles. The summed E-state index contributed by atoms with van der Waals surface area (Å²) in [6.07, 6.45) is 0. The zero-order valence-corrected chi connectivity index (χ0v) is 12.0. The van der Waals surface area contributed by atoms with Crippen LogP contribution in [0.3, 0.4) is 0 Å². The lowest BCUT2D eigenvalue weighted by molar-refractivity contribution is -0.138. The number of benzene rings is 1. The Labute approximate surface area is 118 Å². The van der Waals surface area contributed by atoms with Crippen molar-refractivity contribution in [3.05, 3.63) is 39.9 Å². The molecule has 1 aromatic rings. The standard InChI is InChI=1S/C14H16N2O2S/c1-4-18-14(17)11(8-15)13(19)16-12-9(2)6-5-7-10(12)3/h5-7,16,19H,4H2,1-3H3/b13-11-. The van der Waals surface area contributed by atoms with E-state index in [-0.39, 0.29) is 17.2 Å². The van der Waals surface area contributed by atoms with Crippen molar-refractivity contribution in [1.29, 1.82) is 5.26 Å². The Morgan fingerprint density at radius 3 is 2.47 bits per heavy atom. The summed E-state index contributed by atoms with van der Waals surface area (Å²) in [6, 6.07) is 7.63. The zero-order chi connectivity index (χ0) is 14.4. The maximum absolute atomic E-state index is 11.6. The second-order valence-corrected chi connectivity index (χ2v) is 4.39. The molecule has 0 aliphatic heterocycles. The molecule has 0 heterocycles. The number of hydrogen-bond acceptors (Lipinski definition) is 5. The lowest BCUT2D eigenvalue weighted by Crippen LogP contribution is -2.11. The number of rotatable bonds is 4. The number of aryl methyl sites for hydroxylation is 2. The molecule has 0 unspecified atom stereocenters. The molecule has 19 heavy (non-hydrogen) atoms. The topological polar surface area (TPSA) is 62.1 Å². The van der Waals surface area contributed by atoms with E-state index in [1.165, 1.54) is 0 Å². The molecular weight excluding hydrogens is 260 g/mol. The van der Waals surface area contributed by atoms with Gasteiger partial charge in [-0.15, -0.1) is 12.6 Å². The molecule has 100 valence electrons. The lowest BCUT2D eigenvalue weighted by Gasteiger charge is -2.13. The van der Waals surface area contributed by atoms with Gasteiger partial charge in [0.2, 0.25) is 0 Å². The van der Waals surface area contributed by atoms with Crippen molar-refractivity contribution in [2.24, 2.45) is 0 Å². The zero-order valence-electron chi connectivity index (χ0n) is 11.2. The highest BCUT2D eigenvalue weighted by Crippen LogP contribution is 2.23. The predicted octanol–water partition coefficient (Wildman–Crippen LogP) is 2.94. The van der Waals surface area contributed by atoms with Gasteiger partial charge in [-0.3, -0.25) is 0 Å². The van der Waals surface area contributed by atoms with Gasteiger partial charge in [0.1, 0.15) is 6.07 Å². The van der Waals surface area contributed by atoms with Gasteiger partial charge in [-0.25, -0.2) is 4.79 Å². The predicted molar refractivity (Wildman–Crippen MR) is 77.8 cm³/mol. The lowest BCUT2D eigenvalue weighted by atomic mass is 10.1. The Bertz CT molecular complexity index is 539. The number of nitrogens with one attached hydrogen (secondary N) is 1. The fraction of sp³-hybridized carbons (Fsp3) is 0.286. The van der Waals surface area contributed by atoms with Crippen LogP contribution in [0.4, 0.5) is 5.69 Å². The van der Waals surface area contributed by atoms with Crippen LogP contribution in [0, 0.1) is 25.2 Å². The first kappa shape index (κ1) is 15.1. The van der Waals surface area contributed by atoms with Crippen LogP contribution >= 0.6 is 12.6 Å². The minimum Gasteiger partial charge on any atom is -0.462 e. The monoisotopic (exact) mass is 276 g/mol. The Morgan fingerprint density at radius 1 is 1.42 bits per heavy atom. The molecule has 0 bridgehead atoms. The van der Waals surface area contributed by atoms with E-state index >= 15 is 0 Å². The number of thiol groups is 1. The first-order valence-electron chi connectivity index (χ1n) is 5.85. The minimum atomic E-state index is -0.672. The summed E-state index contributed by atoms with van der Waals surface area (Å²) in [4.78, 5) is 11.6. The molecule has 5 heteroatoms. The fourth-order valence-electron chi connectivity index (χ4n) is 1.59. The summed E-state index contributed by atoms with van der Waals surface area (Å²) >= 11 is 4.19. The SMILES string of the molecule is CCOC(=O)/C(C#N)=C(\S)Nc1c(C)cccc1C. The summed E-state index contributed by atoms with van der Waals surface area (Å²) in [5.41, 5.74) is 2.72. The Kier molecular flexibility index (Phi) is 5.46. The van der Waals surface area contributed by atoms with E-state index in [0.29, 0.717) is 0 Å². The number of para-hydroxylation sites is 1. The number of carbonyl (C=O) groups excluding carboxylic acids is 1. The number of nitrogens with zero attached hydrogens (tertiary/aromatic N) is 1. The molecule has 1 aromatic carbocycles. The number of carbonyl (C=O) groups is 1. The van der Waals surface area contributed by atoms with Crippen LogP contribution in [0.15, 0.2) is 28.8 Å². The van der Waals surface area contributed by atoms with Gasteiger partial charge >= 0.3 is 5.97 Å². The van der Waals surface area contributed by atoms with Crippen LogP contribution in [0.25, 0.3) is 0 Å². The quantitative estimate of drug-likeness (QED) is 0.384. The Morgan fingerprint density at radius 2 is 2.00 bits per heavy atom. The van der Waals surface area contributed by atoms with Crippen molar-refractivity contribution in [2.75, 3.05) is 11.9 Å². The van der Waals surface area contributed by atoms with Crippen LogP contribution in [-0.4, -0.2) is 12.6 Å². The Hall–Kier alpha value is -1.93. The van der Waals surface area contributed by atoms with Crippen LogP contribution in [0.5, 0.6) is 0 Å². The van der Waals surface area contributed by atoms with E-state index in [1.807, 2.05) is 38.1 Å². The highest BCUT2D eigenvalue weighted by Gasteiger charge is 2.15. The molecule has 0 fully saturated rings. The maximum Gasteiger partial charge on any atom is 0.351 e. The number of ether oxygens (including phenoxy) is 1. The van der Waals surface area contributed by atoms with Crippen LogP contribution in [0.2, 0.25) is 0 Å². The van der Waals surface area contributed by atoms with Gasteiger partial charge in [0.05, 0.1) is 11.6 Å². The van der Waals surface area contributed by atoms with Gasteiger partial charge in [-0.05, 0) is 31.9 Å². The van der Waals surface area contributed by atoms with E-state index in [2.05, 4.69) is 17.9 Å². The third-order valence-corrected chi connectivity index (χ3v) is 2.89. The molecule has 0 radical (unpaired) electrons. The molecular formula is C14H16N2O2S. The second-order valence-electron chi connectivity index (χ2n) is 3.95. The highest BCUT2D eigenvalue weighted by molar-refractivity contribution is 7.84. The largest absolute Gasteiger partial charge is 0.462 e. The highest BCUT2D eigenvalue weighted by atomic mass is 32.1. The van der Waals surface area contributed by atoms with Crippen molar-refractivity contribution in [2.45, 2.75) is 20.8 Å². The molecule has 4 nitrogen and oxygen atoms in total. The second kappa shape index (κ2) is 6.86. The normalized spacial score (nSPS) is 11.3. The Balaban J connectivity index is 3.09. The van der Waals surface area contributed by atoms with Gasteiger partial charge in [0, 0.05) is 5.69 Å². The average Bonchev–Trinajstić information content (AvgIpc) is 2.35. The van der Waals surface area contributed by atoms with Crippen molar-refractivity contribution in [3.8, 4) is 6.07 Å². The van der Waals surface area contributed by atoms with E-state index < -0.39 is 5.97 Å². The summed E-state index contributed by atoms with van der Waals surface area (Å²) < 4.78 is 4.81.